The van der Waals surface area contributed by atoms with Crippen molar-refractivity contribution in [2.24, 2.45) is 0 Å². The molecule has 0 unspecified atom stereocenters. The van der Waals surface area contributed by atoms with Crippen LogP contribution in [0.1, 0.15) is 30.4 Å². The lowest BCUT2D eigenvalue weighted by atomic mass is 10.0. The number of hydrogen-bond donors (Lipinski definition) is 2. The van der Waals surface area contributed by atoms with Gasteiger partial charge in [0, 0.05) is 45.3 Å². The number of amides is 4. The van der Waals surface area contributed by atoms with Crippen molar-refractivity contribution in [1.29, 1.82) is 0 Å². The number of phenols is 1. The van der Waals surface area contributed by atoms with Gasteiger partial charge in [0.2, 0.25) is 0 Å². The zero-order valence-corrected chi connectivity index (χ0v) is 20.3. The second-order valence-electron chi connectivity index (χ2n) is 9.28. The van der Waals surface area contributed by atoms with Crippen LogP contribution in [0.2, 0.25) is 0 Å². The average Bonchev–Trinajstić information content (AvgIpc) is 2.89. The van der Waals surface area contributed by atoms with Crippen molar-refractivity contribution in [3.63, 3.8) is 0 Å². The van der Waals surface area contributed by atoms with E-state index in [1.165, 1.54) is 0 Å². The van der Waals surface area contributed by atoms with Gasteiger partial charge in [-0.2, -0.15) is 0 Å². The molecular weight excluding hydrogens is 460 g/mol. The van der Waals surface area contributed by atoms with E-state index in [4.69, 9.17) is 0 Å². The average molecular weight is 493 g/mol. The highest BCUT2D eigenvalue weighted by atomic mass is 16.3. The molecule has 9 heteroatoms. The lowest BCUT2D eigenvalue weighted by Gasteiger charge is -2.36. The molecule has 0 aromatic heterocycles. The number of carbonyl (C=O) groups excluding carboxylic acids is 4. The molecule has 2 heterocycles. The maximum atomic E-state index is 12.6. The number of piperazine rings is 2. The summed E-state index contributed by atoms with van der Waals surface area (Å²) in [6, 6.07) is 16.3. The third kappa shape index (κ3) is 6.21. The Morgan fingerprint density at radius 2 is 1.44 bits per heavy atom. The summed E-state index contributed by atoms with van der Waals surface area (Å²) < 4.78 is 0. The summed E-state index contributed by atoms with van der Waals surface area (Å²) in [5.74, 6) is -1.84. The summed E-state index contributed by atoms with van der Waals surface area (Å²) in [5, 5.41) is 12.1. The first-order valence-corrected chi connectivity index (χ1v) is 12.4. The third-order valence-corrected chi connectivity index (χ3v) is 6.81. The lowest BCUT2D eigenvalue weighted by Crippen LogP contribution is -2.57. The number of phenolic OH excluding ortho intramolecular Hbond substituents is 1. The predicted octanol–water partition coefficient (Wildman–Crippen LogP) is 1.30. The molecule has 2 aliphatic rings. The van der Waals surface area contributed by atoms with E-state index >= 15 is 0 Å². The molecule has 190 valence electrons. The van der Waals surface area contributed by atoms with Crippen molar-refractivity contribution < 1.29 is 24.3 Å². The highest BCUT2D eigenvalue weighted by Crippen LogP contribution is 2.18. The maximum absolute atomic E-state index is 12.6. The number of aromatic hydroxyl groups is 1. The van der Waals surface area contributed by atoms with E-state index in [9.17, 15) is 24.3 Å². The van der Waals surface area contributed by atoms with Crippen LogP contribution < -0.4 is 5.32 Å². The van der Waals surface area contributed by atoms with Crippen molar-refractivity contribution in [3.8, 4) is 5.75 Å². The summed E-state index contributed by atoms with van der Waals surface area (Å²) >= 11 is 0. The summed E-state index contributed by atoms with van der Waals surface area (Å²) in [7, 11) is 0. The van der Waals surface area contributed by atoms with E-state index in [0.29, 0.717) is 58.5 Å². The number of rotatable bonds is 10. The van der Waals surface area contributed by atoms with Crippen molar-refractivity contribution in [2.75, 3.05) is 32.7 Å². The minimum atomic E-state index is -0.574. The topological polar surface area (TPSA) is 110 Å². The summed E-state index contributed by atoms with van der Waals surface area (Å²) in [6.45, 7) is 2.74. The van der Waals surface area contributed by atoms with Crippen LogP contribution in [-0.4, -0.2) is 82.2 Å². The fourth-order valence-corrected chi connectivity index (χ4v) is 4.68. The van der Waals surface area contributed by atoms with E-state index in [-0.39, 0.29) is 11.8 Å². The van der Waals surface area contributed by atoms with Gasteiger partial charge < -0.3 is 25.1 Å². The molecule has 4 rings (SSSR count). The van der Waals surface area contributed by atoms with Crippen LogP contribution in [0.15, 0.2) is 54.6 Å². The minimum Gasteiger partial charge on any atom is -0.508 e. The normalized spacial score (nSPS) is 18.6. The Labute approximate surface area is 210 Å². The Morgan fingerprint density at radius 1 is 0.778 bits per heavy atom. The summed E-state index contributed by atoms with van der Waals surface area (Å²) in [6.07, 6.45) is 2.80. The van der Waals surface area contributed by atoms with Crippen LogP contribution in [0.4, 0.5) is 0 Å². The molecule has 9 nitrogen and oxygen atoms in total. The molecule has 2 saturated heterocycles. The van der Waals surface area contributed by atoms with Crippen LogP contribution in [0, 0.1) is 0 Å². The monoisotopic (exact) mass is 492 g/mol. The van der Waals surface area contributed by atoms with Crippen molar-refractivity contribution in [3.05, 3.63) is 65.7 Å². The van der Waals surface area contributed by atoms with E-state index in [2.05, 4.69) is 5.32 Å². The van der Waals surface area contributed by atoms with Gasteiger partial charge in [-0.05, 0) is 48.9 Å². The third-order valence-electron chi connectivity index (χ3n) is 6.81. The van der Waals surface area contributed by atoms with Crippen LogP contribution >= 0.6 is 0 Å². The van der Waals surface area contributed by atoms with Gasteiger partial charge in [-0.1, -0.05) is 42.5 Å². The Morgan fingerprint density at radius 3 is 2.14 bits per heavy atom. The van der Waals surface area contributed by atoms with Gasteiger partial charge in [0.25, 0.3) is 0 Å². The molecule has 2 N–H and O–H groups in total. The van der Waals surface area contributed by atoms with Gasteiger partial charge in [0.15, 0.2) is 0 Å². The largest absolute Gasteiger partial charge is 0.508 e. The summed E-state index contributed by atoms with van der Waals surface area (Å²) in [4.78, 5) is 54.5. The van der Waals surface area contributed by atoms with Gasteiger partial charge in [-0.15, -0.1) is 0 Å². The molecule has 2 fully saturated rings. The lowest BCUT2D eigenvalue weighted by molar-refractivity contribution is -0.156. The van der Waals surface area contributed by atoms with Gasteiger partial charge in [-0.25, -0.2) is 0 Å². The Bertz CT molecular complexity index is 1090. The van der Waals surface area contributed by atoms with Crippen molar-refractivity contribution in [2.45, 2.75) is 38.3 Å². The van der Waals surface area contributed by atoms with Gasteiger partial charge in [0.1, 0.15) is 5.75 Å². The molecular formula is C27H32N4O5. The predicted molar refractivity (Wildman–Crippen MR) is 133 cm³/mol. The maximum Gasteiger partial charge on any atom is 0.312 e. The molecule has 0 aliphatic carbocycles. The molecule has 0 bridgehead atoms. The number of carbonyl (C=O) groups is 4. The van der Waals surface area contributed by atoms with Crippen LogP contribution in [0.3, 0.4) is 0 Å². The summed E-state index contributed by atoms with van der Waals surface area (Å²) in [5.41, 5.74) is 1.96. The SMILES string of the molecule is O=C1NC[C@@H](CCCCN2CCN(CCc3ccc(O)cc3)C(=O)C2=O)N(Cc2ccccc2)C1=O. The first-order valence-electron chi connectivity index (χ1n) is 12.4. The molecule has 0 saturated carbocycles. The van der Waals surface area contributed by atoms with E-state index in [0.717, 1.165) is 17.5 Å². The number of hydrogen-bond acceptors (Lipinski definition) is 5. The van der Waals surface area contributed by atoms with E-state index < -0.39 is 23.6 Å². The van der Waals surface area contributed by atoms with Crippen LogP contribution in [0.5, 0.6) is 5.75 Å². The second-order valence-corrected chi connectivity index (χ2v) is 9.28. The Hall–Kier alpha value is -3.88. The fourth-order valence-electron chi connectivity index (χ4n) is 4.68. The zero-order valence-electron chi connectivity index (χ0n) is 20.3. The number of nitrogens with one attached hydrogen (secondary N) is 1. The Kier molecular flexibility index (Phi) is 8.20. The highest BCUT2D eigenvalue weighted by Gasteiger charge is 2.34. The number of nitrogens with zero attached hydrogens (tertiary/aromatic N) is 3. The second kappa shape index (κ2) is 11.7. The smallest absolute Gasteiger partial charge is 0.312 e. The molecule has 2 aromatic carbocycles. The van der Waals surface area contributed by atoms with E-state index in [1.54, 1.807) is 26.8 Å². The van der Waals surface area contributed by atoms with Crippen LogP contribution in [0.25, 0.3) is 0 Å². The van der Waals surface area contributed by atoms with Crippen molar-refractivity contribution in [1.82, 2.24) is 20.0 Å². The number of unbranched alkanes of at least 4 members (excludes halogenated alkanes) is 1. The van der Waals surface area contributed by atoms with Gasteiger partial charge in [0.05, 0.1) is 0 Å². The molecule has 0 radical (unpaired) electrons. The first-order chi connectivity index (χ1) is 17.4. The molecule has 1 atom stereocenters. The fraction of sp³-hybridized carbons (Fsp3) is 0.407. The standard InChI is InChI=1S/C27H32N4O5/c32-23-11-9-20(10-12-23)13-15-30-17-16-29(26(35)27(30)36)14-5-4-8-22-18-28-24(33)25(34)31(22)19-21-6-2-1-3-7-21/h1-3,6-7,9-12,22,32H,4-5,8,13-19H2,(H,28,33)/t22-/m1/s1. The van der Waals surface area contributed by atoms with Crippen LogP contribution in [-0.2, 0) is 32.1 Å². The minimum absolute atomic E-state index is 0.107. The highest BCUT2D eigenvalue weighted by molar-refractivity contribution is 6.36. The molecule has 2 aromatic rings. The zero-order chi connectivity index (χ0) is 25.5. The molecule has 0 spiro atoms. The molecule has 2 aliphatic heterocycles. The van der Waals surface area contributed by atoms with Gasteiger partial charge >= 0.3 is 23.6 Å². The molecule has 4 amide bonds. The number of benzene rings is 2. The first kappa shape index (κ1) is 25.2. The molecule has 36 heavy (non-hydrogen) atoms. The van der Waals surface area contributed by atoms with E-state index in [1.807, 2.05) is 42.5 Å². The van der Waals surface area contributed by atoms with Gasteiger partial charge in [-0.3, -0.25) is 19.2 Å². The Balaban J connectivity index is 1.22. The van der Waals surface area contributed by atoms with Crippen molar-refractivity contribution >= 4 is 23.6 Å². The quantitative estimate of drug-likeness (QED) is 0.384.